The summed E-state index contributed by atoms with van der Waals surface area (Å²) in [5, 5.41) is 9.10. The maximum absolute atomic E-state index is 11.5. The number of esters is 1. The highest BCUT2D eigenvalue weighted by atomic mass is 16.5. The van der Waals surface area contributed by atoms with Crippen molar-refractivity contribution in [1.29, 1.82) is 0 Å². The lowest BCUT2D eigenvalue weighted by molar-refractivity contribution is -0.131. The van der Waals surface area contributed by atoms with Gasteiger partial charge in [-0.1, -0.05) is 0 Å². The van der Waals surface area contributed by atoms with Crippen molar-refractivity contribution in [2.45, 2.75) is 0 Å². The molecule has 0 spiro atoms. The third-order valence-corrected chi connectivity index (χ3v) is 1.92. The fourth-order valence-corrected chi connectivity index (χ4v) is 1.24. The van der Waals surface area contributed by atoms with Crippen LogP contribution in [-0.2, 0) is 4.79 Å². The maximum Gasteiger partial charge on any atom is 0.446 e. The zero-order valence-electron chi connectivity index (χ0n) is 7.30. The van der Waals surface area contributed by atoms with Gasteiger partial charge in [0.05, 0.1) is 5.56 Å². The van der Waals surface area contributed by atoms with Crippen molar-refractivity contribution in [3.05, 3.63) is 29.3 Å². The molecule has 1 N–H and O–H groups in total. The number of fused-ring (bicyclic) bond motifs is 1. The zero-order valence-corrected chi connectivity index (χ0v) is 7.30. The van der Waals surface area contributed by atoms with Crippen LogP contribution in [0.5, 0.6) is 11.5 Å². The van der Waals surface area contributed by atoms with Crippen LogP contribution in [0.25, 0.3) is 5.53 Å². The molecule has 6 heteroatoms. The van der Waals surface area contributed by atoms with Crippen LogP contribution in [0, 0.1) is 0 Å². The number of carbonyl (C=O) groups is 2. The predicted octanol–water partition coefficient (Wildman–Crippen LogP) is 0.165. The van der Waals surface area contributed by atoms with E-state index in [1.165, 1.54) is 12.1 Å². The minimum absolute atomic E-state index is 0.0441. The van der Waals surface area contributed by atoms with Crippen molar-refractivity contribution in [1.82, 2.24) is 0 Å². The number of carbonyl (C=O) groups excluding carboxylic acids is 2. The van der Waals surface area contributed by atoms with E-state index in [4.69, 9.17) is 10.6 Å². The third kappa shape index (κ3) is 1.29. The van der Waals surface area contributed by atoms with E-state index in [9.17, 15) is 9.59 Å². The van der Waals surface area contributed by atoms with Crippen molar-refractivity contribution in [2.24, 2.45) is 0 Å². The van der Waals surface area contributed by atoms with Gasteiger partial charge >= 0.3 is 11.7 Å². The molecular formula is C9H4N2O4. The molecule has 0 saturated heterocycles. The average Bonchev–Trinajstić information content (AvgIpc) is 2.17. The molecule has 1 heterocycles. The molecule has 6 nitrogen and oxygen atoms in total. The Morgan fingerprint density at radius 1 is 1.33 bits per heavy atom. The second-order valence-corrected chi connectivity index (χ2v) is 2.85. The Hall–Kier alpha value is -2.46. The molecule has 0 aliphatic carbocycles. The van der Waals surface area contributed by atoms with E-state index in [2.05, 4.69) is 9.53 Å². The number of hydrogen-bond acceptors (Lipinski definition) is 4. The second kappa shape index (κ2) is 3.04. The molecule has 0 bridgehead atoms. The number of ether oxygens (including phenoxy) is 1. The summed E-state index contributed by atoms with van der Waals surface area (Å²) in [5.74, 6) is -1.94. The lowest BCUT2D eigenvalue weighted by Crippen LogP contribution is -2.34. The number of phenols is 1. The van der Waals surface area contributed by atoms with Crippen LogP contribution in [0.4, 0.5) is 0 Å². The highest BCUT2D eigenvalue weighted by molar-refractivity contribution is 6.67. The largest absolute Gasteiger partial charge is 0.508 e. The first-order valence-corrected chi connectivity index (χ1v) is 3.95. The number of hydrogen-bond donors (Lipinski definition) is 1. The topological polar surface area (TPSA) is 100 Å². The van der Waals surface area contributed by atoms with Crippen molar-refractivity contribution < 1.29 is 24.2 Å². The van der Waals surface area contributed by atoms with Gasteiger partial charge in [-0.15, -0.1) is 0 Å². The van der Waals surface area contributed by atoms with E-state index in [0.29, 0.717) is 0 Å². The summed E-state index contributed by atoms with van der Waals surface area (Å²) in [6, 6.07) is 3.69. The number of Topliss-reactive ketones (excluding diaryl/α,β-unsaturated/α-hetero) is 1. The summed E-state index contributed by atoms with van der Waals surface area (Å²) in [6.07, 6.45) is 0. The molecule has 1 aromatic rings. The average molecular weight is 204 g/mol. The molecule has 0 radical (unpaired) electrons. The summed E-state index contributed by atoms with van der Waals surface area (Å²) >= 11 is 0. The van der Waals surface area contributed by atoms with E-state index < -0.39 is 17.5 Å². The first-order chi connectivity index (χ1) is 7.13. The molecule has 2 rings (SSSR count). The first-order valence-electron chi connectivity index (χ1n) is 3.95. The smallest absolute Gasteiger partial charge is 0.446 e. The Labute approximate surface area is 83.3 Å². The number of ketones is 1. The van der Waals surface area contributed by atoms with Crippen LogP contribution >= 0.6 is 0 Å². The van der Waals surface area contributed by atoms with Crippen LogP contribution in [0.1, 0.15) is 10.4 Å². The molecule has 1 aliphatic rings. The van der Waals surface area contributed by atoms with Gasteiger partial charge < -0.3 is 15.4 Å². The van der Waals surface area contributed by atoms with Crippen LogP contribution in [0.3, 0.4) is 0 Å². The highest BCUT2D eigenvalue weighted by Crippen LogP contribution is 2.27. The maximum atomic E-state index is 11.5. The van der Waals surface area contributed by atoms with Gasteiger partial charge in [-0.05, 0) is 12.1 Å². The standard InChI is InChI=1S/C9H4N2O4/c10-11-7-8(13)5-2-1-4(12)3-6(5)15-9(7)14/h1-3,12H. The summed E-state index contributed by atoms with van der Waals surface area (Å²) in [5.41, 5.74) is 7.83. The van der Waals surface area contributed by atoms with Gasteiger partial charge in [-0.25, -0.2) is 4.79 Å². The van der Waals surface area contributed by atoms with Crippen LogP contribution in [0.2, 0.25) is 0 Å². The normalized spacial score (nSPS) is 14.3. The van der Waals surface area contributed by atoms with Gasteiger partial charge in [-0.3, -0.25) is 4.79 Å². The Bertz CT molecular complexity index is 529. The fraction of sp³-hybridized carbons (Fsp3) is 0. The Morgan fingerprint density at radius 3 is 2.73 bits per heavy atom. The Kier molecular flexibility index (Phi) is 1.85. The minimum atomic E-state index is -1.04. The quantitative estimate of drug-likeness (QED) is 0.281. The lowest BCUT2D eigenvalue weighted by Gasteiger charge is -2.10. The second-order valence-electron chi connectivity index (χ2n) is 2.85. The lowest BCUT2D eigenvalue weighted by atomic mass is 10.0. The SMILES string of the molecule is [N-]=[N+]=C1C(=O)Oc2cc(O)ccc2C1=O. The molecular weight excluding hydrogens is 200 g/mol. The molecule has 0 fully saturated rings. The molecule has 1 aromatic carbocycles. The Morgan fingerprint density at radius 2 is 2.07 bits per heavy atom. The summed E-state index contributed by atoms with van der Waals surface area (Å²) < 4.78 is 4.68. The number of aromatic hydroxyl groups is 1. The van der Waals surface area contributed by atoms with Gasteiger partial charge in [-0.2, -0.15) is 4.79 Å². The Balaban J connectivity index is 2.65. The van der Waals surface area contributed by atoms with Gasteiger partial charge in [0.25, 0.3) is 5.78 Å². The van der Waals surface area contributed by atoms with Crippen LogP contribution in [0.15, 0.2) is 18.2 Å². The first kappa shape index (κ1) is 9.11. The van der Waals surface area contributed by atoms with E-state index >= 15 is 0 Å². The van der Waals surface area contributed by atoms with Crippen molar-refractivity contribution in [3.63, 3.8) is 0 Å². The summed E-state index contributed by atoms with van der Waals surface area (Å²) in [6.45, 7) is 0. The van der Waals surface area contributed by atoms with Gasteiger partial charge in [0.15, 0.2) is 0 Å². The molecule has 0 amide bonds. The highest BCUT2D eigenvalue weighted by Gasteiger charge is 2.39. The molecule has 0 atom stereocenters. The van der Waals surface area contributed by atoms with Crippen molar-refractivity contribution in [3.8, 4) is 11.5 Å². The number of benzene rings is 1. The van der Waals surface area contributed by atoms with Crippen molar-refractivity contribution >= 4 is 17.5 Å². The molecule has 0 saturated carbocycles. The fourth-order valence-electron chi connectivity index (χ4n) is 1.24. The number of rotatable bonds is 0. The van der Waals surface area contributed by atoms with Crippen LogP contribution < -0.4 is 4.74 Å². The number of phenolic OH excluding ortho intramolecular Hbond substituents is 1. The molecule has 15 heavy (non-hydrogen) atoms. The monoisotopic (exact) mass is 204 g/mol. The molecule has 1 aliphatic heterocycles. The molecule has 74 valence electrons. The van der Waals surface area contributed by atoms with E-state index in [1.54, 1.807) is 0 Å². The summed E-state index contributed by atoms with van der Waals surface area (Å²) in [7, 11) is 0. The van der Waals surface area contributed by atoms with E-state index in [1.807, 2.05) is 0 Å². The third-order valence-electron chi connectivity index (χ3n) is 1.92. The van der Waals surface area contributed by atoms with Gasteiger partial charge in [0.2, 0.25) is 0 Å². The van der Waals surface area contributed by atoms with Crippen molar-refractivity contribution in [2.75, 3.05) is 0 Å². The number of nitrogens with zero attached hydrogens (tertiary/aromatic N) is 2. The summed E-state index contributed by atoms with van der Waals surface area (Å²) in [4.78, 5) is 25.2. The minimum Gasteiger partial charge on any atom is -0.508 e. The molecule has 0 unspecified atom stereocenters. The van der Waals surface area contributed by atoms with E-state index in [-0.39, 0.29) is 17.1 Å². The van der Waals surface area contributed by atoms with E-state index in [0.717, 1.165) is 6.07 Å². The van der Waals surface area contributed by atoms with Gasteiger partial charge in [0.1, 0.15) is 11.5 Å². The predicted molar refractivity (Wildman–Crippen MR) is 46.7 cm³/mol. The molecule has 0 aromatic heterocycles. The van der Waals surface area contributed by atoms with Crippen LogP contribution in [-0.4, -0.2) is 27.4 Å². The van der Waals surface area contributed by atoms with Gasteiger partial charge in [0, 0.05) is 6.07 Å². The zero-order chi connectivity index (χ0) is 11.0.